The van der Waals surface area contributed by atoms with Gasteiger partial charge in [-0.3, -0.25) is 4.79 Å². The van der Waals surface area contributed by atoms with Gasteiger partial charge in [0.1, 0.15) is 0 Å². The van der Waals surface area contributed by atoms with E-state index in [1.54, 1.807) is 14.2 Å². The molecule has 4 nitrogen and oxygen atoms in total. The number of rotatable bonds is 5. The molecule has 0 atom stereocenters. The molecule has 0 unspecified atom stereocenters. The summed E-state index contributed by atoms with van der Waals surface area (Å²) < 4.78 is 10.7. The Morgan fingerprint density at radius 3 is 2.48 bits per heavy atom. The van der Waals surface area contributed by atoms with Crippen molar-refractivity contribution < 1.29 is 14.3 Å². The number of benzene rings is 2. The second-order valence-corrected chi connectivity index (χ2v) is 6.54. The van der Waals surface area contributed by atoms with E-state index >= 15 is 0 Å². The van der Waals surface area contributed by atoms with Crippen LogP contribution in [0.1, 0.15) is 23.1 Å². The number of nitrogens with zero attached hydrogens (tertiary/aromatic N) is 1. The monoisotopic (exact) mass is 359 g/mol. The maximum absolute atomic E-state index is 12.6. The predicted octanol–water partition coefficient (Wildman–Crippen LogP) is 3.87. The first-order valence-electron chi connectivity index (χ1n) is 8.37. The van der Waals surface area contributed by atoms with Gasteiger partial charge in [0.15, 0.2) is 11.5 Å². The number of halogens is 1. The van der Waals surface area contributed by atoms with Crippen molar-refractivity contribution in [2.45, 2.75) is 25.8 Å². The van der Waals surface area contributed by atoms with Gasteiger partial charge in [0.2, 0.25) is 5.91 Å². The van der Waals surface area contributed by atoms with Crippen LogP contribution < -0.4 is 9.47 Å². The molecule has 1 amide bonds. The maximum atomic E-state index is 12.6. The molecule has 25 heavy (non-hydrogen) atoms. The van der Waals surface area contributed by atoms with Crippen LogP contribution in [0.3, 0.4) is 0 Å². The van der Waals surface area contributed by atoms with Crippen molar-refractivity contribution in [3.05, 3.63) is 58.1 Å². The molecular weight excluding hydrogens is 338 g/mol. The van der Waals surface area contributed by atoms with Crippen LogP contribution in [0.25, 0.3) is 0 Å². The average Bonchev–Trinajstić information content (AvgIpc) is 2.65. The Kier molecular flexibility index (Phi) is 5.49. The van der Waals surface area contributed by atoms with Gasteiger partial charge in [-0.15, -0.1) is 0 Å². The van der Waals surface area contributed by atoms with Gasteiger partial charge in [-0.1, -0.05) is 29.8 Å². The van der Waals surface area contributed by atoms with Crippen molar-refractivity contribution in [3.8, 4) is 11.5 Å². The first-order chi connectivity index (χ1) is 12.1. The van der Waals surface area contributed by atoms with Crippen LogP contribution in [0, 0.1) is 0 Å². The third-order valence-corrected chi connectivity index (χ3v) is 5.01. The molecule has 0 radical (unpaired) electrons. The van der Waals surface area contributed by atoms with Crippen molar-refractivity contribution in [3.63, 3.8) is 0 Å². The lowest BCUT2D eigenvalue weighted by Crippen LogP contribution is -2.36. The number of fused-ring (bicyclic) bond motifs is 1. The van der Waals surface area contributed by atoms with Crippen molar-refractivity contribution in [2.75, 3.05) is 20.8 Å². The van der Waals surface area contributed by atoms with E-state index in [4.69, 9.17) is 21.1 Å². The molecule has 0 aliphatic carbocycles. The molecule has 5 heteroatoms. The zero-order valence-electron chi connectivity index (χ0n) is 14.5. The lowest BCUT2D eigenvalue weighted by atomic mass is 9.98. The molecule has 1 heterocycles. The molecule has 1 aliphatic heterocycles. The largest absolute Gasteiger partial charge is 0.493 e. The second kappa shape index (κ2) is 7.79. The molecule has 0 aromatic heterocycles. The molecule has 0 spiro atoms. The topological polar surface area (TPSA) is 38.8 Å². The number of hydrogen-bond acceptors (Lipinski definition) is 3. The molecule has 2 aromatic carbocycles. The highest BCUT2D eigenvalue weighted by atomic mass is 35.5. The minimum atomic E-state index is 0.153. The normalized spacial score (nSPS) is 13.3. The van der Waals surface area contributed by atoms with Crippen LogP contribution in [0.5, 0.6) is 11.5 Å². The SMILES string of the molecule is COc1cc2c(cc1OC)CN(C(=O)CCc1ccccc1Cl)CC2. The molecule has 132 valence electrons. The summed E-state index contributed by atoms with van der Waals surface area (Å²) in [5, 5.41) is 0.719. The lowest BCUT2D eigenvalue weighted by molar-refractivity contribution is -0.132. The van der Waals surface area contributed by atoms with E-state index in [1.165, 1.54) is 5.56 Å². The zero-order chi connectivity index (χ0) is 17.8. The Labute approximate surface area is 153 Å². The fraction of sp³-hybridized carbons (Fsp3) is 0.350. The van der Waals surface area contributed by atoms with E-state index in [-0.39, 0.29) is 5.91 Å². The average molecular weight is 360 g/mol. The summed E-state index contributed by atoms with van der Waals surface area (Å²) in [5.74, 6) is 1.59. The molecule has 0 fully saturated rings. The highest BCUT2D eigenvalue weighted by molar-refractivity contribution is 6.31. The molecule has 1 aliphatic rings. The lowest BCUT2D eigenvalue weighted by Gasteiger charge is -2.29. The van der Waals surface area contributed by atoms with Gasteiger partial charge in [0.25, 0.3) is 0 Å². The Bertz CT molecular complexity index is 776. The number of methoxy groups -OCH3 is 2. The second-order valence-electron chi connectivity index (χ2n) is 6.13. The van der Waals surface area contributed by atoms with E-state index in [1.807, 2.05) is 41.3 Å². The Morgan fingerprint density at radius 2 is 1.80 bits per heavy atom. The highest BCUT2D eigenvalue weighted by Gasteiger charge is 2.22. The van der Waals surface area contributed by atoms with Crippen molar-refractivity contribution in [2.24, 2.45) is 0 Å². The fourth-order valence-electron chi connectivity index (χ4n) is 3.20. The van der Waals surface area contributed by atoms with Crippen LogP contribution in [0.2, 0.25) is 5.02 Å². The molecule has 2 aromatic rings. The number of hydrogen-bond donors (Lipinski definition) is 0. The van der Waals surface area contributed by atoms with E-state index < -0.39 is 0 Å². The standard InChI is InChI=1S/C20H22ClNO3/c1-24-18-11-15-9-10-22(13-16(15)12-19(18)25-2)20(23)8-7-14-5-3-4-6-17(14)21/h3-6,11-12H,7-10,13H2,1-2H3. The number of carbonyl (C=O) groups excluding carboxylic acids is 1. The van der Waals surface area contributed by atoms with Crippen molar-refractivity contribution in [1.29, 1.82) is 0 Å². The summed E-state index contributed by atoms with van der Waals surface area (Å²) in [6, 6.07) is 11.7. The zero-order valence-corrected chi connectivity index (χ0v) is 15.3. The van der Waals surface area contributed by atoms with Crippen LogP contribution in [0.4, 0.5) is 0 Å². The Hall–Kier alpha value is -2.20. The summed E-state index contributed by atoms with van der Waals surface area (Å²) >= 11 is 6.17. The van der Waals surface area contributed by atoms with E-state index in [0.29, 0.717) is 25.1 Å². The fourth-order valence-corrected chi connectivity index (χ4v) is 3.43. The smallest absolute Gasteiger partial charge is 0.223 e. The van der Waals surface area contributed by atoms with Gasteiger partial charge >= 0.3 is 0 Å². The highest BCUT2D eigenvalue weighted by Crippen LogP contribution is 2.33. The number of aryl methyl sites for hydroxylation is 1. The quantitative estimate of drug-likeness (QED) is 0.813. The number of amides is 1. The molecule has 0 saturated heterocycles. The summed E-state index contributed by atoms with van der Waals surface area (Å²) in [4.78, 5) is 14.5. The summed E-state index contributed by atoms with van der Waals surface area (Å²) in [7, 11) is 3.26. The van der Waals surface area contributed by atoms with Gasteiger partial charge in [0, 0.05) is 24.5 Å². The molecule has 0 saturated carbocycles. The predicted molar refractivity (Wildman–Crippen MR) is 98.4 cm³/mol. The molecule has 0 N–H and O–H groups in total. The minimum Gasteiger partial charge on any atom is -0.493 e. The summed E-state index contributed by atoms with van der Waals surface area (Å²) in [6.45, 7) is 1.33. The third-order valence-electron chi connectivity index (χ3n) is 4.64. The third kappa shape index (κ3) is 3.90. The van der Waals surface area contributed by atoms with Gasteiger partial charge < -0.3 is 14.4 Å². The van der Waals surface area contributed by atoms with E-state index in [9.17, 15) is 4.79 Å². The molecule has 3 rings (SSSR count). The van der Waals surface area contributed by atoms with Gasteiger partial charge in [-0.2, -0.15) is 0 Å². The molecule has 0 bridgehead atoms. The van der Waals surface area contributed by atoms with Crippen LogP contribution in [-0.2, 0) is 24.2 Å². The van der Waals surface area contributed by atoms with Crippen LogP contribution in [0.15, 0.2) is 36.4 Å². The Morgan fingerprint density at radius 1 is 1.12 bits per heavy atom. The van der Waals surface area contributed by atoms with Crippen molar-refractivity contribution in [1.82, 2.24) is 4.90 Å². The van der Waals surface area contributed by atoms with E-state index in [2.05, 4.69) is 0 Å². The van der Waals surface area contributed by atoms with Gasteiger partial charge in [-0.25, -0.2) is 0 Å². The number of carbonyl (C=O) groups is 1. The molecular formula is C20H22ClNO3. The maximum Gasteiger partial charge on any atom is 0.223 e. The van der Waals surface area contributed by atoms with Gasteiger partial charge in [-0.05, 0) is 47.7 Å². The van der Waals surface area contributed by atoms with Crippen LogP contribution in [-0.4, -0.2) is 31.6 Å². The number of ether oxygens (including phenoxy) is 2. The first kappa shape index (κ1) is 17.6. The van der Waals surface area contributed by atoms with Gasteiger partial charge in [0.05, 0.1) is 14.2 Å². The minimum absolute atomic E-state index is 0.153. The van der Waals surface area contributed by atoms with Crippen LogP contribution >= 0.6 is 11.6 Å². The summed E-state index contributed by atoms with van der Waals surface area (Å²) in [6.07, 6.45) is 1.95. The summed E-state index contributed by atoms with van der Waals surface area (Å²) in [5.41, 5.74) is 3.35. The Balaban J connectivity index is 1.67. The van der Waals surface area contributed by atoms with Crippen molar-refractivity contribution >= 4 is 17.5 Å². The first-order valence-corrected chi connectivity index (χ1v) is 8.75. The van der Waals surface area contributed by atoms with E-state index in [0.717, 1.165) is 34.9 Å².